The molecule has 0 aromatic heterocycles. The molecule has 0 amide bonds. The quantitative estimate of drug-likeness (QED) is 0.700. The molecule has 1 saturated heterocycles. The second-order valence-electron chi connectivity index (χ2n) is 4.30. The fraction of sp³-hybridized carbons (Fsp3) is 0.900. The van der Waals surface area contributed by atoms with Crippen LogP contribution in [0, 0.1) is 5.92 Å². The minimum atomic E-state index is -4.40. The monoisotopic (exact) mass is 254 g/mol. The van der Waals surface area contributed by atoms with E-state index in [1.807, 2.05) is 0 Å². The number of carboxylic acids is 1. The molecule has 1 fully saturated rings. The van der Waals surface area contributed by atoms with Crippen molar-refractivity contribution >= 4 is 5.97 Å². The Morgan fingerprint density at radius 2 is 2.24 bits per heavy atom. The Balaban J connectivity index is 2.83. The first-order valence-corrected chi connectivity index (χ1v) is 5.57. The Bertz CT molecular complexity index is 283. The average molecular weight is 254 g/mol. The molecular weight excluding hydrogens is 237 g/mol. The number of halogens is 3. The van der Waals surface area contributed by atoms with Gasteiger partial charge < -0.3 is 10.4 Å². The third-order valence-corrected chi connectivity index (χ3v) is 3.26. The molecule has 7 heteroatoms. The van der Waals surface area contributed by atoms with E-state index in [1.54, 1.807) is 6.92 Å². The van der Waals surface area contributed by atoms with Crippen LogP contribution in [0.4, 0.5) is 13.2 Å². The van der Waals surface area contributed by atoms with Crippen LogP contribution in [-0.2, 0) is 4.79 Å². The number of alkyl halides is 3. The van der Waals surface area contributed by atoms with Crippen LogP contribution in [0.1, 0.15) is 19.8 Å². The molecule has 3 N–H and O–H groups in total. The van der Waals surface area contributed by atoms with Gasteiger partial charge in [0.2, 0.25) is 0 Å². The second kappa shape index (κ2) is 5.22. The highest BCUT2D eigenvalue weighted by Crippen LogP contribution is 2.29. The van der Waals surface area contributed by atoms with Crippen molar-refractivity contribution in [2.45, 2.75) is 31.5 Å². The van der Waals surface area contributed by atoms with Gasteiger partial charge in [-0.2, -0.15) is 13.2 Å². The lowest BCUT2D eigenvalue weighted by Crippen LogP contribution is -2.64. The van der Waals surface area contributed by atoms with Gasteiger partial charge in [-0.25, -0.2) is 0 Å². The zero-order valence-corrected chi connectivity index (χ0v) is 9.60. The Kier molecular flexibility index (Phi) is 4.37. The zero-order chi connectivity index (χ0) is 13.1. The summed E-state index contributed by atoms with van der Waals surface area (Å²) in [6, 6.07) is 0. The highest BCUT2D eigenvalue weighted by Gasteiger charge is 2.48. The highest BCUT2D eigenvalue weighted by atomic mass is 19.4. The van der Waals surface area contributed by atoms with Crippen LogP contribution in [-0.4, -0.2) is 42.4 Å². The van der Waals surface area contributed by atoms with Gasteiger partial charge in [-0.05, 0) is 19.4 Å². The number of hydrogen-bond donors (Lipinski definition) is 3. The molecule has 1 heterocycles. The topological polar surface area (TPSA) is 61.4 Å². The minimum absolute atomic E-state index is 0.164. The first-order valence-electron chi connectivity index (χ1n) is 5.57. The molecule has 0 spiro atoms. The predicted molar refractivity (Wildman–Crippen MR) is 55.7 cm³/mol. The summed E-state index contributed by atoms with van der Waals surface area (Å²) < 4.78 is 36.6. The van der Waals surface area contributed by atoms with E-state index < -0.39 is 24.2 Å². The van der Waals surface area contributed by atoms with Crippen molar-refractivity contribution in [1.29, 1.82) is 0 Å². The van der Waals surface area contributed by atoms with E-state index in [9.17, 15) is 23.1 Å². The number of rotatable bonds is 4. The number of carboxylic acid groups (broad SMARTS) is 1. The van der Waals surface area contributed by atoms with Crippen LogP contribution in [0.5, 0.6) is 0 Å². The summed E-state index contributed by atoms with van der Waals surface area (Å²) in [5.74, 6) is -1.54. The molecule has 0 aliphatic carbocycles. The van der Waals surface area contributed by atoms with E-state index in [0.29, 0.717) is 19.5 Å². The molecule has 4 nitrogen and oxygen atoms in total. The van der Waals surface area contributed by atoms with Crippen LogP contribution in [0.3, 0.4) is 0 Å². The lowest BCUT2D eigenvalue weighted by Gasteiger charge is -2.41. The van der Waals surface area contributed by atoms with Crippen molar-refractivity contribution in [3.05, 3.63) is 0 Å². The zero-order valence-electron chi connectivity index (χ0n) is 9.60. The average Bonchev–Trinajstić information content (AvgIpc) is 2.25. The normalized spacial score (nSPS) is 30.2. The molecule has 2 unspecified atom stereocenters. The number of aliphatic carboxylic acids is 1. The van der Waals surface area contributed by atoms with Crippen LogP contribution in [0.2, 0.25) is 0 Å². The highest BCUT2D eigenvalue weighted by molar-refractivity contribution is 5.79. The SMILES string of the molecule is CCC1CNCCC1(NCC(F)(F)F)C(=O)O. The summed E-state index contributed by atoms with van der Waals surface area (Å²) in [5, 5.41) is 14.4. The maximum absolute atomic E-state index is 12.2. The molecule has 0 aromatic rings. The van der Waals surface area contributed by atoms with Gasteiger partial charge in [0.05, 0.1) is 6.54 Å². The van der Waals surface area contributed by atoms with Gasteiger partial charge in [-0.3, -0.25) is 10.1 Å². The van der Waals surface area contributed by atoms with Gasteiger partial charge in [0.25, 0.3) is 0 Å². The van der Waals surface area contributed by atoms with E-state index in [1.165, 1.54) is 0 Å². The molecule has 17 heavy (non-hydrogen) atoms. The van der Waals surface area contributed by atoms with Crippen molar-refractivity contribution in [2.75, 3.05) is 19.6 Å². The number of hydrogen-bond acceptors (Lipinski definition) is 3. The lowest BCUT2D eigenvalue weighted by atomic mass is 9.77. The van der Waals surface area contributed by atoms with Crippen LogP contribution >= 0.6 is 0 Å². The van der Waals surface area contributed by atoms with Gasteiger partial charge in [0, 0.05) is 12.5 Å². The van der Waals surface area contributed by atoms with Gasteiger partial charge in [-0.15, -0.1) is 0 Å². The summed E-state index contributed by atoms with van der Waals surface area (Å²) in [5.41, 5.74) is -1.46. The lowest BCUT2D eigenvalue weighted by molar-refractivity contribution is -0.155. The fourth-order valence-electron chi connectivity index (χ4n) is 2.28. The van der Waals surface area contributed by atoms with E-state index in [4.69, 9.17) is 0 Å². The Hall–Kier alpha value is -0.820. The third kappa shape index (κ3) is 3.32. The molecule has 100 valence electrons. The third-order valence-electron chi connectivity index (χ3n) is 3.26. The van der Waals surface area contributed by atoms with Crippen LogP contribution in [0.25, 0.3) is 0 Å². The molecule has 2 atom stereocenters. The first kappa shape index (κ1) is 14.2. The molecule has 1 rings (SSSR count). The molecule has 1 aliphatic rings. The Labute approximate surface area is 97.6 Å². The fourth-order valence-corrected chi connectivity index (χ4v) is 2.28. The molecule has 0 saturated carbocycles. The second-order valence-corrected chi connectivity index (χ2v) is 4.30. The predicted octanol–water partition coefficient (Wildman–Crippen LogP) is 0.981. The maximum Gasteiger partial charge on any atom is 0.401 e. The largest absolute Gasteiger partial charge is 0.480 e. The van der Waals surface area contributed by atoms with Crippen molar-refractivity contribution in [2.24, 2.45) is 5.92 Å². The maximum atomic E-state index is 12.2. The Morgan fingerprint density at radius 3 is 2.71 bits per heavy atom. The summed E-state index contributed by atoms with van der Waals surface area (Å²) in [6.45, 7) is 1.35. The van der Waals surface area contributed by atoms with Crippen molar-refractivity contribution in [3.8, 4) is 0 Å². The molecule has 0 bridgehead atoms. The van der Waals surface area contributed by atoms with Crippen molar-refractivity contribution in [3.63, 3.8) is 0 Å². The first-order chi connectivity index (χ1) is 7.82. The van der Waals surface area contributed by atoms with Crippen LogP contribution in [0.15, 0.2) is 0 Å². The van der Waals surface area contributed by atoms with Crippen molar-refractivity contribution < 1.29 is 23.1 Å². The van der Waals surface area contributed by atoms with E-state index >= 15 is 0 Å². The van der Waals surface area contributed by atoms with Crippen LogP contribution < -0.4 is 10.6 Å². The van der Waals surface area contributed by atoms with E-state index in [2.05, 4.69) is 10.6 Å². The number of nitrogens with one attached hydrogen (secondary N) is 2. The van der Waals surface area contributed by atoms with E-state index in [0.717, 1.165) is 0 Å². The smallest absolute Gasteiger partial charge is 0.401 e. The van der Waals surface area contributed by atoms with Gasteiger partial charge >= 0.3 is 12.1 Å². The van der Waals surface area contributed by atoms with Crippen molar-refractivity contribution in [1.82, 2.24) is 10.6 Å². The molecule has 0 aromatic carbocycles. The van der Waals surface area contributed by atoms with E-state index in [-0.39, 0.29) is 12.3 Å². The van der Waals surface area contributed by atoms with Gasteiger partial charge in [0.15, 0.2) is 0 Å². The standard InChI is InChI=1S/C10H17F3N2O2/c1-2-7-5-14-4-3-9(7,8(16)17)15-6-10(11,12)13/h7,14-15H,2-6H2,1H3,(H,16,17). The summed E-state index contributed by atoms with van der Waals surface area (Å²) in [7, 11) is 0. The number of carbonyl (C=O) groups is 1. The molecule has 1 aliphatic heterocycles. The molecule has 0 radical (unpaired) electrons. The van der Waals surface area contributed by atoms with Gasteiger partial charge in [-0.1, -0.05) is 6.92 Å². The van der Waals surface area contributed by atoms with Gasteiger partial charge in [0.1, 0.15) is 5.54 Å². The Morgan fingerprint density at radius 1 is 1.59 bits per heavy atom. The summed E-state index contributed by atoms with van der Waals surface area (Å²) in [6.07, 6.45) is -3.72. The molecular formula is C10H17F3N2O2. The summed E-state index contributed by atoms with van der Waals surface area (Å²) >= 11 is 0. The minimum Gasteiger partial charge on any atom is -0.480 e. The number of piperidine rings is 1. The summed E-state index contributed by atoms with van der Waals surface area (Å²) in [4.78, 5) is 11.3.